The molecule has 1 amide bonds. The summed E-state index contributed by atoms with van der Waals surface area (Å²) in [5.74, 6) is 1.42. The molecule has 0 aromatic heterocycles. The number of hydrogen-bond donors (Lipinski definition) is 1. The maximum Gasteiger partial charge on any atom is 0.401 e. The zero-order valence-corrected chi connectivity index (χ0v) is 15.7. The summed E-state index contributed by atoms with van der Waals surface area (Å²) >= 11 is 3.90. The van der Waals surface area contributed by atoms with Gasteiger partial charge in [0.05, 0.1) is 12.0 Å². The molecule has 4 bridgehead atoms. The highest BCUT2D eigenvalue weighted by Crippen LogP contribution is 2.64. The first-order valence-electron chi connectivity index (χ1n) is 8.82. The number of alkyl halides is 4. The van der Waals surface area contributed by atoms with E-state index in [4.69, 9.17) is 0 Å². The first-order valence-corrected chi connectivity index (χ1v) is 9.61. The van der Waals surface area contributed by atoms with Crippen molar-refractivity contribution < 1.29 is 18.0 Å². The summed E-state index contributed by atoms with van der Waals surface area (Å²) in [4.78, 5) is 14.0. The van der Waals surface area contributed by atoms with Crippen molar-refractivity contribution in [1.82, 2.24) is 10.2 Å². The van der Waals surface area contributed by atoms with Crippen LogP contribution in [0.1, 0.15) is 44.9 Å². The predicted octanol–water partition coefficient (Wildman–Crippen LogP) is 3.72. The average molecular weight is 411 g/mol. The standard InChI is InChI=1S/C17H26BrF3N2O/c1-23(11-17(19,20)21)4-2-3-22-14(24)15-6-12-5-13(7-15)9-16(18,8-12)10-15/h12-13H,2-11H2,1H3,(H,22,24). The number of amides is 1. The van der Waals surface area contributed by atoms with Crippen LogP contribution in [0.15, 0.2) is 0 Å². The average Bonchev–Trinajstić information content (AvgIpc) is 2.38. The highest BCUT2D eigenvalue weighted by Gasteiger charge is 2.59. The number of hydrogen-bond acceptors (Lipinski definition) is 2. The van der Waals surface area contributed by atoms with E-state index in [0.29, 0.717) is 31.3 Å². The van der Waals surface area contributed by atoms with Gasteiger partial charge in [-0.1, -0.05) is 15.9 Å². The molecule has 0 saturated heterocycles. The Bertz CT molecular complexity index is 483. The maximum atomic E-state index is 12.8. The number of rotatable bonds is 6. The van der Waals surface area contributed by atoms with E-state index in [-0.39, 0.29) is 15.6 Å². The Balaban J connectivity index is 1.46. The van der Waals surface area contributed by atoms with Crippen LogP contribution in [0, 0.1) is 17.3 Å². The lowest BCUT2D eigenvalue weighted by Gasteiger charge is -2.59. The summed E-state index contributed by atoms with van der Waals surface area (Å²) in [6, 6.07) is 0. The van der Waals surface area contributed by atoms with Crippen molar-refractivity contribution in [1.29, 1.82) is 0 Å². The molecule has 2 atom stereocenters. The topological polar surface area (TPSA) is 32.3 Å². The third kappa shape index (κ3) is 4.09. The Morgan fingerprint density at radius 2 is 1.88 bits per heavy atom. The van der Waals surface area contributed by atoms with Gasteiger partial charge in [0.25, 0.3) is 0 Å². The molecule has 3 nitrogen and oxygen atoms in total. The first kappa shape index (κ1) is 18.5. The van der Waals surface area contributed by atoms with Crippen LogP contribution in [0.5, 0.6) is 0 Å². The van der Waals surface area contributed by atoms with E-state index in [0.717, 1.165) is 19.3 Å². The summed E-state index contributed by atoms with van der Waals surface area (Å²) in [5.41, 5.74) is -0.245. The zero-order chi connectivity index (χ0) is 17.6. The van der Waals surface area contributed by atoms with Crippen molar-refractivity contribution in [2.24, 2.45) is 17.3 Å². The van der Waals surface area contributed by atoms with Crippen LogP contribution >= 0.6 is 15.9 Å². The van der Waals surface area contributed by atoms with E-state index in [1.807, 2.05) is 0 Å². The van der Waals surface area contributed by atoms with Crippen LogP contribution < -0.4 is 5.32 Å². The van der Waals surface area contributed by atoms with E-state index in [1.54, 1.807) is 0 Å². The minimum Gasteiger partial charge on any atom is -0.356 e. The molecule has 0 aromatic carbocycles. The monoisotopic (exact) mass is 410 g/mol. The highest BCUT2D eigenvalue weighted by atomic mass is 79.9. The van der Waals surface area contributed by atoms with Crippen LogP contribution in [-0.2, 0) is 4.79 Å². The van der Waals surface area contributed by atoms with Crippen LogP contribution in [-0.4, -0.2) is 48.0 Å². The van der Waals surface area contributed by atoms with Gasteiger partial charge in [-0.2, -0.15) is 13.2 Å². The second-order valence-corrected chi connectivity index (χ2v) is 10.0. The molecule has 0 heterocycles. The van der Waals surface area contributed by atoms with Crippen molar-refractivity contribution >= 4 is 21.8 Å². The van der Waals surface area contributed by atoms with Gasteiger partial charge in [-0.05, 0) is 70.4 Å². The largest absolute Gasteiger partial charge is 0.401 e. The Labute approximate surface area is 149 Å². The fourth-order valence-corrected chi connectivity index (χ4v) is 6.99. The van der Waals surface area contributed by atoms with E-state index < -0.39 is 12.7 Å². The number of nitrogens with one attached hydrogen (secondary N) is 1. The molecule has 1 N–H and O–H groups in total. The normalized spacial score (nSPS) is 37.9. The fraction of sp³-hybridized carbons (Fsp3) is 0.941. The lowest BCUT2D eigenvalue weighted by molar-refractivity contribution is -0.145. The van der Waals surface area contributed by atoms with Crippen LogP contribution in [0.4, 0.5) is 13.2 Å². The summed E-state index contributed by atoms with van der Waals surface area (Å²) in [6.07, 6.45) is 2.87. The summed E-state index contributed by atoms with van der Waals surface area (Å²) in [7, 11) is 1.46. The second-order valence-electron chi connectivity index (χ2n) is 8.35. The van der Waals surface area contributed by atoms with Crippen LogP contribution in [0.3, 0.4) is 0 Å². The number of carbonyl (C=O) groups is 1. The molecule has 0 radical (unpaired) electrons. The van der Waals surface area contributed by atoms with Crippen molar-refractivity contribution in [3.8, 4) is 0 Å². The predicted molar refractivity (Wildman–Crippen MR) is 90.0 cm³/mol. The highest BCUT2D eigenvalue weighted by molar-refractivity contribution is 9.10. The van der Waals surface area contributed by atoms with Gasteiger partial charge < -0.3 is 5.32 Å². The molecule has 2 unspecified atom stereocenters. The van der Waals surface area contributed by atoms with Gasteiger partial charge >= 0.3 is 6.18 Å². The maximum absolute atomic E-state index is 12.8. The molecule has 4 aliphatic carbocycles. The number of carbonyl (C=O) groups excluding carboxylic acids is 1. The first-order chi connectivity index (χ1) is 11.1. The van der Waals surface area contributed by atoms with Gasteiger partial charge in [0, 0.05) is 10.9 Å². The van der Waals surface area contributed by atoms with Gasteiger partial charge in [-0.25, -0.2) is 0 Å². The molecular weight excluding hydrogens is 385 g/mol. The van der Waals surface area contributed by atoms with Crippen molar-refractivity contribution in [2.75, 3.05) is 26.7 Å². The van der Waals surface area contributed by atoms with E-state index in [1.165, 1.54) is 31.2 Å². The lowest BCUT2D eigenvalue weighted by atomic mass is 9.49. The molecule has 0 aromatic rings. The van der Waals surface area contributed by atoms with E-state index >= 15 is 0 Å². The van der Waals surface area contributed by atoms with Gasteiger partial charge in [0.1, 0.15) is 0 Å². The quantitative estimate of drug-likeness (QED) is 0.534. The SMILES string of the molecule is CN(CCCNC(=O)C12CC3CC(CC(Br)(C3)C1)C2)CC(F)(F)F. The van der Waals surface area contributed by atoms with Crippen LogP contribution in [0.25, 0.3) is 0 Å². The molecule has 0 aliphatic heterocycles. The molecule has 138 valence electrons. The van der Waals surface area contributed by atoms with Crippen LogP contribution in [0.2, 0.25) is 0 Å². The lowest BCUT2D eigenvalue weighted by Crippen LogP contribution is -2.58. The van der Waals surface area contributed by atoms with E-state index in [9.17, 15) is 18.0 Å². The van der Waals surface area contributed by atoms with Gasteiger partial charge in [-0.15, -0.1) is 0 Å². The smallest absolute Gasteiger partial charge is 0.356 e. The fourth-order valence-electron chi connectivity index (χ4n) is 5.54. The van der Waals surface area contributed by atoms with Gasteiger partial charge in [0.2, 0.25) is 5.91 Å². The number of halogens is 4. The molecule has 4 fully saturated rings. The third-order valence-corrected chi connectivity index (χ3v) is 6.85. The molecular formula is C17H26BrF3N2O. The van der Waals surface area contributed by atoms with Gasteiger partial charge in [-0.3, -0.25) is 9.69 Å². The summed E-state index contributed by atoms with van der Waals surface area (Å²) in [5, 5.41) is 3.01. The summed E-state index contributed by atoms with van der Waals surface area (Å²) in [6.45, 7) is -0.117. The Kier molecular flexibility index (Phi) is 4.97. The molecule has 4 aliphatic rings. The zero-order valence-electron chi connectivity index (χ0n) is 14.1. The van der Waals surface area contributed by atoms with E-state index in [2.05, 4.69) is 21.2 Å². The number of nitrogens with zero attached hydrogens (tertiary/aromatic N) is 1. The molecule has 0 spiro atoms. The Morgan fingerprint density at radius 1 is 1.25 bits per heavy atom. The van der Waals surface area contributed by atoms with Crippen molar-refractivity contribution in [3.63, 3.8) is 0 Å². The van der Waals surface area contributed by atoms with Gasteiger partial charge in [0.15, 0.2) is 0 Å². The summed E-state index contributed by atoms with van der Waals surface area (Å²) < 4.78 is 37.0. The Hall–Kier alpha value is -0.300. The molecule has 4 rings (SSSR count). The Morgan fingerprint density at radius 3 is 2.42 bits per heavy atom. The molecule has 7 heteroatoms. The van der Waals surface area contributed by atoms with Crippen molar-refractivity contribution in [3.05, 3.63) is 0 Å². The van der Waals surface area contributed by atoms with Crippen molar-refractivity contribution in [2.45, 2.75) is 55.4 Å². The molecule has 4 saturated carbocycles. The minimum absolute atomic E-state index is 0.124. The molecule has 24 heavy (non-hydrogen) atoms. The third-order valence-electron chi connectivity index (χ3n) is 5.92. The second kappa shape index (κ2) is 6.45. The minimum atomic E-state index is -4.17.